The van der Waals surface area contributed by atoms with E-state index in [-0.39, 0.29) is 28.7 Å². The summed E-state index contributed by atoms with van der Waals surface area (Å²) < 4.78 is 32.3. The summed E-state index contributed by atoms with van der Waals surface area (Å²) in [4.78, 5) is 23.8. The minimum absolute atomic E-state index is 0.0157. The number of anilines is 1. The Labute approximate surface area is 141 Å². The van der Waals surface area contributed by atoms with E-state index >= 15 is 0 Å². The van der Waals surface area contributed by atoms with Crippen LogP contribution < -0.4 is 5.32 Å². The highest BCUT2D eigenvalue weighted by molar-refractivity contribution is 6.34. The van der Waals surface area contributed by atoms with Crippen molar-refractivity contribution in [2.24, 2.45) is 0 Å². The summed E-state index contributed by atoms with van der Waals surface area (Å²) >= 11 is 6.11. The van der Waals surface area contributed by atoms with E-state index in [0.717, 1.165) is 6.07 Å². The Morgan fingerprint density at radius 2 is 1.92 bits per heavy atom. The van der Waals surface area contributed by atoms with Crippen LogP contribution in [-0.2, 0) is 15.1 Å². The number of benzene rings is 2. The fourth-order valence-corrected chi connectivity index (χ4v) is 2.76. The number of ether oxygens (including phenoxy) is 1. The van der Waals surface area contributed by atoms with Gasteiger partial charge in [-0.1, -0.05) is 11.6 Å². The highest BCUT2D eigenvalue weighted by Crippen LogP contribution is 2.44. The van der Waals surface area contributed by atoms with Gasteiger partial charge in [0.15, 0.2) is 5.60 Å². The third-order valence-electron chi connectivity index (χ3n) is 3.70. The molecule has 1 amide bonds. The highest BCUT2D eigenvalue weighted by atomic mass is 35.5. The maximum atomic E-state index is 14.0. The molecular weight excluding hydrogens is 340 g/mol. The number of amides is 1. The van der Waals surface area contributed by atoms with E-state index in [0.29, 0.717) is 11.8 Å². The molecule has 24 heavy (non-hydrogen) atoms. The Hall–Kier alpha value is -2.31. The van der Waals surface area contributed by atoms with Crippen LogP contribution in [0.15, 0.2) is 36.4 Å². The van der Waals surface area contributed by atoms with Crippen molar-refractivity contribution in [2.75, 3.05) is 11.9 Å². The zero-order chi connectivity index (χ0) is 17.5. The van der Waals surface area contributed by atoms with Crippen LogP contribution in [0.25, 0.3) is 0 Å². The molecule has 0 aromatic heterocycles. The zero-order valence-corrected chi connectivity index (χ0v) is 13.3. The number of hydrogen-bond donors (Lipinski definition) is 1. The third-order valence-corrected chi connectivity index (χ3v) is 4.01. The monoisotopic (exact) mass is 351 g/mol. The molecule has 124 valence electrons. The standard InChI is InChI=1S/C17H12ClF2NO3/c1-9(22)21-11-3-4-12(14(18)7-11)16(23)17(8-24-17)13-5-2-10(19)6-15(13)20/h2-7H,8H2,1H3,(H,21,22). The number of hydrogen-bond acceptors (Lipinski definition) is 3. The van der Waals surface area contributed by atoms with Crippen molar-refractivity contribution in [1.82, 2.24) is 0 Å². The quantitative estimate of drug-likeness (QED) is 0.675. The molecule has 0 bridgehead atoms. The Morgan fingerprint density at radius 3 is 2.46 bits per heavy atom. The summed E-state index contributed by atoms with van der Waals surface area (Å²) in [5.74, 6) is -2.39. The molecule has 1 N–H and O–H groups in total. The normalized spacial score (nSPS) is 19.0. The molecule has 0 saturated carbocycles. The number of rotatable bonds is 4. The largest absolute Gasteiger partial charge is 0.356 e. The van der Waals surface area contributed by atoms with Crippen molar-refractivity contribution >= 4 is 29.0 Å². The summed E-state index contributed by atoms with van der Waals surface area (Å²) in [5.41, 5.74) is -0.956. The molecular formula is C17H12ClF2NO3. The maximum absolute atomic E-state index is 14.0. The van der Waals surface area contributed by atoms with Gasteiger partial charge in [-0.3, -0.25) is 9.59 Å². The van der Waals surface area contributed by atoms with Crippen molar-refractivity contribution in [3.63, 3.8) is 0 Å². The van der Waals surface area contributed by atoms with Crippen molar-refractivity contribution in [3.05, 3.63) is 64.2 Å². The Kier molecular flexibility index (Phi) is 4.11. The van der Waals surface area contributed by atoms with Crippen LogP contribution in [0.1, 0.15) is 22.8 Å². The predicted molar refractivity (Wildman–Crippen MR) is 84.1 cm³/mol. The van der Waals surface area contributed by atoms with Gasteiger partial charge in [-0.25, -0.2) is 8.78 Å². The molecule has 1 fully saturated rings. The Morgan fingerprint density at radius 1 is 1.21 bits per heavy atom. The summed E-state index contributed by atoms with van der Waals surface area (Å²) in [5, 5.41) is 2.65. The lowest BCUT2D eigenvalue weighted by molar-refractivity contribution is -0.114. The molecule has 4 nitrogen and oxygen atoms in total. The number of ketones is 1. The van der Waals surface area contributed by atoms with Crippen molar-refractivity contribution in [1.29, 1.82) is 0 Å². The molecule has 1 atom stereocenters. The highest BCUT2D eigenvalue weighted by Gasteiger charge is 2.55. The molecule has 3 rings (SSSR count). The third kappa shape index (κ3) is 2.90. The van der Waals surface area contributed by atoms with Crippen LogP contribution in [-0.4, -0.2) is 18.3 Å². The van der Waals surface area contributed by atoms with Gasteiger partial charge in [0, 0.05) is 29.8 Å². The van der Waals surface area contributed by atoms with Crippen LogP contribution in [0.3, 0.4) is 0 Å². The molecule has 1 saturated heterocycles. The SMILES string of the molecule is CC(=O)Nc1ccc(C(=O)C2(c3ccc(F)cc3F)CO2)c(Cl)c1. The molecule has 1 aliphatic rings. The average Bonchev–Trinajstić information content (AvgIpc) is 3.27. The molecule has 2 aromatic rings. The van der Waals surface area contributed by atoms with E-state index in [1.54, 1.807) is 0 Å². The fourth-order valence-electron chi connectivity index (χ4n) is 2.50. The second-order valence-electron chi connectivity index (χ2n) is 5.44. The van der Waals surface area contributed by atoms with E-state index in [4.69, 9.17) is 16.3 Å². The average molecular weight is 352 g/mol. The zero-order valence-electron chi connectivity index (χ0n) is 12.5. The Balaban J connectivity index is 1.95. The number of halogens is 3. The van der Waals surface area contributed by atoms with Crippen molar-refractivity contribution < 1.29 is 23.1 Å². The molecule has 0 spiro atoms. The van der Waals surface area contributed by atoms with Gasteiger partial charge in [-0.2, -0.15) is 0 Å². The lowest BCUT2D eigenvalue weighted by Crippen LogP contribution is -2.24. The lowest BCUT2D eigenvalue weighted by Gasteiger charge is -2.14. The first-order valence-corrected chi connectivity index (χ1v) is 7.43. The van der Waals surface area contributed by atoms with Gasteiger partial charge in [-0.15, -0.1) is 0 Å². The second kappa shape index (κ2) is 5.96. The summed E-state index contributed by atoms with van der Waals surface area (Å²) in [6, 6.07) is 7.32. The van der Waals surface area contributed by atoms with Gasteiger partial charge in [0.05, 0.1) is 11.6 Å². The maximum Gasteiger partial charge on any atom is 0.221 e. The van der Waals surface area contributed by atoms with E-state index < -0.39 is 23.0 Å². The number of nitrogens with one attached hydrogen (secondary N) is 1. The first-order chi connectivity index (χ1) is 11.3. The van der Waals surface area contributed by atoms with Gasteiger partial charge in [0.1, 0.15) is 11.6 Å². The first-order valence-electron chi connectivity index (χ1n) is 7.05. The molecule has 1 aliphatic heterocycles. The van der Waals surface area contributed by atoms with Crippen molar-refractivity contribution in [2.45, 2.75) is 12.5 Å². The van der Waals surface area contributed by atoms with Gasteiger partial charge in [0.25, 0.3) is 0 Å². The minimum Gasteiger partial charge on any atom is -0.356 e. The molecule has 7 heteroatoms. The summed E-state index contributed by atoms with van der Waals surface area (Å²) in [7, 11) is 0. The van der Waals surface area contributed by atoms with Gasteiger partial charge < -0.3 is 10.1 Å². The van der Waals surface area contributed by atoms with Crippen LogP contribution >= 0.6 is 11.6 Å². The number of epoxide rings is 1. The van der Waals surface area contributed by atoms with Crippen LogP contribution in [0.2, 0.25) is 5.02 Å². The fraction of sp³-hybridized carbons (Fsp3) is 0.176. The Bertz CT molecular complexity index is 850. The minimum atomic E-state index is -1.49. The number of carbonyl (C=O) groups excluding carboxylic acids is 2. The molecule has 0 radical (unpaired) electrons. The van der Waals surface area contributed by atoms with E-state index in [1.165, 1.54) is 31.2 Å². The van der Waals surface area contributed by atoms with Crippen molar-refractivity contribution in [3.8, 4) is 0 Å². The van der Waals surface area contributed by atoms with Gasteiger partial charge in [0.2, 0.25) is 11.7 Å². The smallest absolute Gasteiger partial charge is 0.221 e. The summed E-state index contributed by atoms with van der Waals surface area (Å²) in [6.45, 7) is 1.33. The number of carbonyl (C=O) groups is 2. The van der Waals surface area contributed by atoms with E-state index in [9.17, 15) is 18.4 Å². The number of Topliss-reactive ketones (excluding diaryl/α,β-unsaturated/α-hetero) is 1. The molecule has 1 unspecified atom stereocenters. The predicted octanol–water partition coefficient (Wildman–Crippen LogP) is 3.69. The van der Waals surface area contributed by atoms with Crippen LogP contribution in [0, 0.1) is 11.6 Å². The van der Waals surface area contributed by atoms with E-state index in [1.807, 2.05) is 0 Å². The van der Waals surface area contributed by atoms with Gasteiger partial charge >= 0.3 is 0 Å². The van der Waals surface area contributed by atoms with Crippen LogP contribution in [0.5, 0.6) is 0 Å². The second-order valence-corrected chi connectivity index (χ2v) is 5.85. The first kappa shape index (κ1) is 16.5. The molecule has 2 aromatic carbocycles. The van der Waals surface area contributed by atoms with Crippen LogP contribution in [0.4, 0.5) is 14.5 Å². The van der Waals surface area contributed by atoms with Gasteiger partial charge in [-0.05, 0) is 30.3 Å². The lowest BCUT2D eigenvalue weighted by atomic mass is 9.90. The summed E-state index contributed by atoms with van der Waals surface area (Å²) in [6.07, 6.45) is 0. The topological polar surface area (TPSA) is 58.7 Å². The molecule has 1 heterocycles. The molecule has 0 aliphatic carbocycles. The van der Waals surface area contributed by atoms with E-state index in [2.05, 4.69) is 5.32 Å².